The summed E-state index contributed by atoms with van der Waals surface area (Å²) >= 11 is 0. The Morgan fingerprint density at radius 1 is 1.29 bits per heavy atom. The van der Waals surface area contributed by atoms with E-state index in [9.17, 15) is 8.78 Å². The first-order valence-electron chi connectivity index (χ1n) is 8.99. The largest absolute Gasteiger partial charge is 0.495 e. The van der Waals surface area contributed by atoms with Gasteiger partial charge in [0.25, 0.3) is 0 Å². The van der Waals surface area contributed by atoms with Gasteiger partial charge in [-0.2, -0.15) is 8.78 Å². The zero-order valence-corrected chi connectivity index (χ0v) is 16.5. The van der Waals surface area contributed by atoms with Crippen molar-refractivity contribution in [3.05, 3.63) is 72.5 Å². The maximum absolute atomic E-state index is 12.4. The first-order valence-corrected chi connectivity index (χ1v) is 8.99. The van der Waals surface area contributed by atoms with Crippen LogP contribution in [0.15, 0.2) is 72.5 Å². The zero-order chi connectivity index (χ0) is 20.9. The highest BCUT2D eigenvalue weighted by atomic mass is 19.3. The van der Waals surface area contributed by atoms with E-state index in [0.29, 0.717) is 11.5 Å². The van der Waals surface area contributed by atoms with Gasteiger partial charge < -0.3 is 19.7 Å². The summed E-state index contributed by atoms with van der Waals surface area (Å²) in [4.78, 5) is 2.03. The molecule has 0 amide bonds. The highest BCUT2D eigenvalue weighted by molar-refractivity contribution is 5.38. The number of terminal acetylenes is 1. The van der Waals surface area contributed by atoms with Crippen LogP contribution in [0.3, 0.4) is 0 Å². The Labute approximate surface area is 166 Å². The number of hydrogen-bond acceptors (Lipinski definition) is 4. The van der Waals surface area contributed by atoms with Crippen LogP contribution >= 0.6 is 0 Å². The summed E-state index contributed by atoms with van der Waals surface area (Å²) < 4.78 is 34.7. The topological polar surface area (TPSA) is 33.7 Å². The third kappa shape index (κ3) is 7.09. The number of allylic oxidation sites excluding steroid dienone is 6. The number of alkyl halides is 2. The SMILES string of the molecule is C#C/C=C(\C=C/C(=C)OC(F)F)N(/C(C=C)=C(/C=C\C)OC)C1CCNCC1. The second kappa shape index (κ2) is 12.6. The summed E-state index contributed by atoms with van der Waals surface area (Å²) in [5.41, 5.74) is 1.36. The van der Waals surface area contributed by atoms with E-state index in [4.69, 9.17) is 11.2 Å². The maximum atomic E-state index is 12.4. The summed E-state index contributed by atoms with van der Waals surface area (Å²) in [7, 11) is 1.58. The second-order valence-electron chi connectivity index (χ2n) is 5.92. The summed E-state index contributed by atoms with van der Waals surface area (Å²) in [6, 6.07) is 0.123. The van der Waals surface area contributed by atoms with Gasteiger partial charge >= 0.3 is 6.61 Å². The van der Waals surface area contributed by atoms with Crippen molar-refractivity contribution in [1.29, 1.82) is 0 Å². The number of halogens is 2. The molecule has 1 saturated heterocycles. The van der Waals surface area contributed by atoms with Crippen LogP contribution in [-0.4, -0.2) is 37.8 Å². The van der Waals surface area contributed by atoms with E-state index in [0.717, 1.165) is 31.6 Å². The molecule has 1 fully saturated rings. The summed E-state index contributed by atoms with van der Waals surface area (Å²) in [6.07, 6.45) is 17.2. The van der Waals surface area contributed by atoms with Crippen molar-refractivity contribution in [2.75, 3.05) is 20.2 Å². The van der Waals surface area contributed by atoms with E-state index < -0.39 is 6.61 Å². The molecule has 1 rings (SSSR count). The first-order chi connectivity index (χ1) is 13.5. The quantitative estimate of drug-likeness (QED) is 0.339. The average Bonchev–Trinajstić information content (AvgIpc) is 2.68. The van der Waals surface area contributed by atoms with Gasteiger partial charge in [0.2, 0.25) is 0 Å². The minimum absolute atomic E-state index is 0.123. The van der Waals surface area contributed by atoms with E-state index in [1.807, 2.05) is 24.0 Å². The van der Waals surface area contributed by atoms with Crippen LogP contribution in [0.4, 0.5) is 8.78 Å². The van der Waals surface area contributed by atoms with E-state index in [-0.39, 0.29) is 11.8 Å². The van der Waals surface area contributed by atoms with Crippen LogP contribution in [-0.2, 0) is 9.47 Å². The van der Waals surface area contributed by atoms with Crippen molar-refractivity contribution in [2.45, 2.75) is 32.4 Å². The summed E-state index contributed by atoms with van der Waals surface area (Å²) in [6.45, 7) is 8.07. The molecule has 6 heteroatoms. The Morgan fingerprint density at radius 3 is 2.46 bits per heavy atom. The summed E-state index contributed by atoms with van der Waals surface area (Å²) in [5, 5.41) is 3.33. The molecule has 1 heterocycles. The first kappa shape index (κ1) is 23.3. The Hall–Kier alpha value is -2.78. The van der Waals surface area contributed by atoms with Crippen molar-refractivity contribution < 1.29 is 18.3 Å². The Balaban J connectivity index is 3.43. The molecule has 0 aliphatic carbocycles. The van der Waals surface area contributed by atoms with Crippen LogP contribution in [0.5, 0.6) is 0 Å². The zero-order valence-electron chi connectivity index (χ0n) is 16.5. The van der Waals surface area contributed by atoms with Gasteiger partial charge in [-0.25, -0.2) is 0 Å². The normalized spacial score (nSPS) is 16.8. The van der Waals surface area contributed by atoms with Crippen molar-refractivity contribution in [3.63, 3.8) is 0 Å². The van der Waals surface area contributed by atoms with E-state index in [2.05, 4.69) is 29.1 Å². The smallest absolute Gasteiger partial charge is 0.387 e. The van der Waals surface area contributed by atoms with Crippen LogP contribution < -0.4 is 5.32 Å². The lowest BCUT2D eigenvalue weighted by atomic mass is 10.0. The molecule has 4 nitrogen and oxygen atoms in total. The molecule has 28 heavy (non-hydrogen) atoms. The van der Waals surface area contributed by atoms with E-state index in [1.54, 1.807) is 25.3 Å². The molecule has 0 aromatic heterocycles. The highest BCUT2D eigenvalue weighted by Gasteiger charge is 2.26. The third-order valence-electron chi connectivity index (χ3n) is 4.11. The van der Waals surface area contributed by atoms with Crippen molar-refractivity contribution in [1.82, 2.24) is 10.2 Å². The highest BCUT2D eigenvalue weighted by Crippen LogP contribution is 2.28. The fourth-order valence-corrected chi connectivity index (χ4v) is 2.95. The van der Waals surface area contributed by atoms with Crippen LogP contribution in [0.1, 0.15) is 19.8 Å². The average molecular weight is 390 g/mol. The fraction of sp³-hybridized carbons (Fsp3) is 0.364. The molecule has 0 saturated carbocycles. The Morgan fingerprint density at radius 2 is 1.96 bits per heavy atom. The molecular weight excluding hydrogens is 362 g/mol. The molecule has 0 aromatic carbocycles. The lowest BCUT2D eigenvalue weighted by Crippen LogP contribution is -2.42. The molecule has 0 aromatic rings. The predicted octanol–water partition coefficient (Wildman–Crippen LogP) is 4.49. The van der Waals surface area contributed by atoms with Gasteiger partial charge in [0.05, 0.1) is 12.8 Å². The van der Waals surface area contributed by atoms with E-state index in [1.165, 1.54) is 6.08 Å². The van der Waals surface area contributed by atoms with Gasteiger partial charge in [-0.1, -0.05) is 25.2 Å². The molecule has 0 atom stereocenters. The monoisotopic (exact) mass is 390 g/mol. The van der Waals surface area contributed by atoms with Gasteiger partial charge in [0.1, 0.15) is 11.5 Å². The Bertz CT molecular complexity index is 694. The molecule has 0 spiro atoms. The van der Waals surface area contributed by atoms with Gasteiger partial charge in [0.15, 0.2) is 0 Å². The van der Waals surface area contributed by atoms with E-state index >= 15 is 0 Å². The molecule has 0 unspecified atom stereocenters. The molecule has 1 N–H and O–H groups in total. The van der Waals surface area contributed by atoms with Crippen LogP contribution in [0, 0.1) is 12.3 Å². The minimum Gasteiger partial charge on any atom is -0.495 e. The lowest BCUT2D eigenvalue weighted by molar-refractivity contribution is -0.0915. The van der Waals surface area contributed by atoms with Crippen molar-refractivity contribution in [2.24, 2.45) is 0 Å². The molecule has 1 aliphatic rings. The number of hydrogen-bond donors (Lipinski definition) is 1. The summed E-state index contributed by atoms with van der Waals surface area (Å²) in [5.74, 6) is 2.98. The molecule has 152 valence electrons. The lowest BCUT2D eigenvalue weighted by Gasteiger charge is -2.38. The van der Waals surface area contributed by atoms with Crippen LogP contribution in [0.25, 0.3) is 0 Å². The van der Waals surface area contributed by atoms with Gasteiger partial charge in [-0.15, -0.1) is 6.42 Å². The molecular formula is C22H28F2N2O2. The number of nitrogens with zero attached hydrogens (tertiary/aromatic N) is 1. The minimum atomic E-state index is -2.93. The Kier molecular flexibility index (Phi) is 10.4. The third-order valence-corrected chi connectivity index (χ3v) is 4.11. The standard InChI is InChI=1S/C22H28F2N2O2/c1-6-9-18(12-11-17(4)28-22(23)24)26(19-13-15-25-16-14-19)20(8-3)21(27-5)10-7-2/h1,7-12,19,22,25H,3-4,13-16H2,2,5H3/b10-7-,12-11-,18-9+,21-20-. The number of rotatable bonds is 10. The molecule has 0 radical (unpaired) electrons. The second-order valence-corrected chi connectivity index (χ2v) is 5.92. The maximum Gasteiger partial charge on any atom is 0.387 e. The molecule has 1 aliphatic heterocycles. The number of piperidine rings is 1. The van der Waals surface area contributed by atoms with Crippen LogP contribution in [0.2, 0.25) is 0 Å². The molecule has 0 bridgehead atoms. The number of nitrogens with one attached hydrogen (secondary N) is 1. The number of methoxy groups -OCH3 is 1. The van der Waals surface area contributed by atoms with Gasteiger partial charge in [-0.05, 0) is 57.2 Å². The number of ether oxygens (including phenoxy) is 2. The van der Waals surface area contributed by atoms with Crippen molar-refractivity contribution in [3.8, 4) is 12.3 Å². The van der Waals surface area contributed by atoms with Crippen molar-refractivity contribution >= 4 is 0 Å². The fourth-order valence-electron chi connectivity index (χ4n) is 2.95. The predicted molar refractivity (Wildman–Crippen MR) is 109 cm³/mol. The van der Waals surface area contributed by atoms with Gasteiger partial charge in [0, 0.05) is 17.8 Å². The van der Waals surface area contributed by atoms with Gasteiger partial charge in [-0.3, -0.25) is 0 Å².